The highest BCUT2D eigenvalue weighted by molar-refractivity contribution is 5.48. The van der Waals surface area contributed by atoms with Crippen molar-refractivity contribution in [1.82, 2.24) is 9.97 Å². The van der Waals surface area contributed by atoms with Gasteiger partial charge >= 0.3 is 0 Å². The van der Waals surface area contributed by atoms with Crippen LogP contribution >= 0.6 is 0 Å². The number of hydrogen-bond donors (Lipinski definition) is 1. The van der Waals surface area contributed by atoms with Crippen molar-refractivity contribution in [1.29, 1.82) is 0 Å². The lowest BCUT2D eigenvalue weighted by Gasteiger charge is -2.26. The third kappa shape index (κ3) is 4.17. The van der Waals surface area contributed by atoms with Crippen LogP contribution in [0, 0.1) is 5.92 Å². The molecule has 0 spiro atoms. The minimum absolute atomic E-state index is 0.738. The van der Waals surface area contributed by atoms with E-state index in [9.17, 15) is 0 Å². The van der Waals surface area contributed by atoms with E-state index in [1.807, 2.05) is 6.07 Å². The molecule has 0 saturated heterocycles. The first-order valence-electron chi connectivity index (χ1n) is 7.05. The molecule has 0 unspecified atom stereocenters. The van der Waals surface area contributed by atoms with E-state index in [1.54, 1.807) is 6.33 Å². The molecule has 0 fully saturated rings. The summed E-state index contributed by atoms with van der Waals surface area (Å²) >= 11 is 0. The Balaban J connectivity index is 2.77. The van der Waals surface area contributed by atoms with Crippen molar-refractivity contribution in [2.45, 2.75) is 40.5 Å². The summed E-state index contributed by atoms with van der Waals surface area (Å²) in [5, 5.41) is 3.23. The van der Waals surface area contributed by atoms with E-state index in [1.165, 1.54) is 12.8 Å². The summed E-state index contributed by atoms with van der Waals surface area (Å²) in [5.41, 5.74) is 0. The standard InChI is InChI=1S/C14H26N4/c1-5-12(6-2)10-18(8-4)14-9-13(15-7-3)16-11-17-14/h9,11-12H,5-8,10H2,1-4H3,(H,15,16,17). The van der Waals surface area contributed by atoms with Gasteiger partial charge in [0.25, 0.3) is 0 Å². The van der Waals surface area contributed by atoms with Crippen molar-refractivity contribution in [3.05, 3.63) is 12.4 Å². The summed E-state index contributed by atoms with van der Waals surface area (Å²) in [6, 6.07) is 2.04. The average Bonchev–Trinajstić information content (AvgIpc) is 2.41. The Morgan fingerprint density at radius 3 is 2.44 bits per heavy atom. The van der Waals surface area contributed by atoms with Gasteiger partial charge in [-0.1, -0.05) is 26.7 Å². The molecule has 0 saturated carbocycles. The maximum atomic E-state index is 4.39. The van der Waals surface area contributed by atoms with Crippen LogP contribution in [0.3, 0.4) is 0 Å². The van der Waals surface area contributed by atoms with Crippen LogP contribution in [0.2, 0.25) is 0 Å². The van der Waals surface area contributed by atoms with Crippen LogP contribution in [0.1, 0.15) is 40.5 Å². The second-order valence-electron chi connectivity index (χ2n) is 4.51. The van der Waals surface area contributed by atoms with E-state index in [0.717, 1.165) is 37.2 Å². The first-order valence-corrected chi connectivity index (χ1v) is 7.05. The van der Waals surface area contributed by atoms with Gasteiger partial charge in [0.05, 0.1) is 0 Å². The van der Waals surface area contributed by atoms with E-state index < -0.39 is 0 Å². The summed E-state index contributed by atoms with van der Waals surface area (Å²) in [6.45, 7) is 11.7. The number of aromatic nitrogens is 2. The Labute approximate surface area is 111 Å². The fourth-order valence-electron chi connectivity index (χ4n) is 2.04. The molecule has 102 valence electrons. The molecule has 1 aromatic rings. The fourth-order valence-corrected chi connectivity index (χ4v) is 2.04. The molecule has 1 N–H and O–H groups in total. The molecule has 0 aliphatic rings. The lowest BCUT2D eigenvalue weighted by Crippen LogP contribution is -2.29. The van der Waals surface area contributed by atoms with Crippen molar-refractivity contribution < 1.29 is 0 Å². The van der Waals surface area contributed by atoms with E-state index in [0.29, 0.717) is 0 Å². The molecule has 0 aliphatic carbocycles. The van der Waals surface area contributed by atoms with Crippen LogP contribution in [0.5, 0.6) is 0 Å². The lowest BCUT2D eigenvalue weighted by molar-refractivity contribution is 0.484. The number of nitrogens with one attached hydrogen (secondary N) is 1. The molecule has 1 heterocycles. The van der Waals surface area contributed by atoms with E-state index >= 15 is 0 Å². The van der Waals surface area contributed by atoms with Crippen molar-refractivity contribution in [3.8, 4) is 0 Å². The molecule has 0 amide bonds. The zero-order valence-electron chi connectivity index (χ0n) is 12.1. The Kier molecular flexibility index (Phi) is 6.47. The highest BCUT2D eigenvalue weighted by Gasteiger charge is 2.12. The molecule has 1 rings (SSSR count). The molecule has 0 atom stereocenters. The van der Waals surface area contributed by atoms with Gasteiger partial charge in [-0.15, -0.1) is 0 Å². The van der Waals surface area contributed by atoms with Gasteiger partial charge < -0.3 is 10.2 Å². The molecule has 0 aromatic carbocycles. The average molecular weight is 250 g/mol. The molecule has 0 radical (unpaired) electrons. The van der Waals surface area contributed by atoms with E-state index in [4.69, 9.17) is 0 Å². The molecular formula is C14H26N4. The molecular weight excluding hydrogens is 224 g/mol. The van der Waals surface area contributed by atoms with E-state index in [-0.39, 0.29) is 0 Å². The summed E-state index contributed by atoms with van der Waals surface area (Å²) in [5.74, 6) is 2.67. The van der Waals surface area contributed by atoms with Crippen LogP contribution in [0.15, 0.2) is 12.4 Å². The Hall–Kier alpha value is -1.32. The van der Waals surface area contributed by atoms with Crippen molar-refractivity contribution in [2.24, 2.45) is 5.92 Å². The summed E-state index contributed by atoms with van der Waals surface area (Å²) < 4.78 is 0. The zero-order chi connectivity index (χ0) is 13.4. The third-order valence-corrected chi connectivity index (χ3v) is 3.35. The predicted molar refractivity (Wildman–Crippen MR) is 78.2 cm³/mol. The molecule has 0 aliphatic heterocycles. The largest absolute Gasteiger partial charge is 0.370 e. The quantitative estimate of drug-likeness (QED) is 0.769. The molecule has 4 heteroatoms. The van der Waals surface area contributed by atoms with Gasteiger partial charge in [-0.3, -0.25) is 0 Å². The number of anilines is 2. The summed E-state index contributed by atoms with van der Waals surface area (Å²) in [4.78, 5) is 10.9. The number of rotatable bonds is 8. The Morgan fingerprint density at radius 2 is 1.89 bits per heavy atom. The fraction of sp³-hybridized carbons (Fsp3) is 0.714. The molecule has 0 bridgehead atoms. The summed E-state index contributed by atoms with van der Waals surface area (Å²) in [7, 11) is 0. The van der Waals surface area contributed by atoms with Crippen LogP contribution in [0.25, 0.3) is 0 Å². The van der Waals surface area contributed by atoms with Crippen LogP contribution in [0.4, 0.5) is 11.6 Å². The van der Waals surface area contributed by atoms with Crippen molar-refractivity contribution in [2.75, 3.05) is 29.9 Å². The second kappa shape index (κ2) is 7.90. The van der Waals surface area contributed by atoms with Crippen LogP contribution in [-0.4, -0.2) is 29.6 Å². The Morgan fingerprint density at radius 1 is 1.17 bits per heavy atom. The molecule has 4 nitrogen and oxygen atoms in total. The lowest BCUT2D eigenvalue weighted by atomic mass is 10.0. The maximum Gasteiger partial charge on any atom is 0.134 e. The van der Waals surface area contributed by atoms with Crippen molar-refractivity contribution >= 4 is 11.6 Å². The minimum atomic E-state index is 0.738. The van der Waals surface area contributed by atoms with Gasteiger partial charge in [-0.25, -0.2) is 9.97 Å². The van der Waals surface area contributed by atoms with Crippen LogP contribution in [-0.2, 0) is 0 Å². The van der Waals surface area contributed by atoms with Gasteiger partial charge in [0, 0.05) is 25.7 Å². The second-order valence-corrected chi connectivity index (χ2v) is 4.51. The summed E-state index contributed by atoms with van der Waals surface area (Å²) in [6.07, 6.45) is 4.08. The first kappa shape index (κ1) is 14.7. The minimum Gasteiger partial charge on any atom is -0.370 e. The maximum absolute atomic E-state index is 4.39. The first-order chi connectivity index (χ1) is 8.74. The smallest absolute Gasteiger partial charge is 0.134 e. The normalized spacial score (nSPS) is 10.7. The van der Waals surface area contributed by atoms with Gasteiger partial charge in [0.15, 0.2) is 0 Å². The highest BCUT2D eigenvalue weighted by Crippen LogP contribution is 2.18. The van der Waals surface area contributed by atoms with Gasteiger partial charge in [-0.05, 0) is 19.8 Å². The Bertz CT molecular complexity index is 336. The number of hydrogen-bond acceptors (Lipinski definition) is 4. The molecule has 18 heavy (non-hydrogen) atoms. The topological polar surface area (TPSA) is 41.0 Å². The highest BCUT2D eigenvalue weighted by atomic mass is 15.2. The monoisotopic (exact) mass is 250 g/mol. The number of nitrogens with zero attached hydrogens (tertiary/aromatic N) is 3. The van der Waals surface area contributed by atoms with E-state index in [2.05, 4.69) is 47.9 Å². The zero-order valence-corrected chi connectivity index (χ0v) is 12.1. The third-order valence-electron chi connectivity index (χ3n) is 3.35. The molecule has 1 aromatic heterocycles. The SMILES string of the molecule is CCNc1cc(N(CC)CC(CC)CC)ncn1. The van der Waals surface area contributed by atoms with Gasteiger partial charge in [0.2, 0.25) is 0 Å². The van der Waals surface area contributed by atoms with Crippen LogP contribution < -0.4 is 10.2 Å². The van der Waals surface area contributed by atoms with Crippen molar-refractivity contribution in [3.63, 3.8) is 0 Å². The van der Waals surface area contributed by atoms with Gasteiger partial charge in [-0.2, -0.15) is 0 Å². The predicted octanol–water partition coefficient (Wildman–Crippen LogP) is 3.17. The van der Waals surface area contributed by atoms with Gasteiger partial charge in [0.1, 0.15) is 18.0 Å².